The van der Waals surface area contributed by atoms with Crippen molar-refractivity contribution in [1.82, 2.24) is 0 Å². The van der Waals surface area contributed by atoms with E-state index in [1.54, 1.807) is 0 Å². The number of alkyl halides is 2. The smallest absolute Gasteiger partial charge is 0.0866 e. The van der Waals surface area contributed by atoms with E-state index >= 15 is 0 Å². The maximum absolute atomic E-state index is 8.58. The predicted molar refractivity (Wildman–Crippen MR) is 44.9 cm³/mol. The first-order valence-corrected chi connectivity index (χ1v) is 4.68. The lowest BCUT2D eigenvalue weighted by molar-refractivity contribution is 0.277. The van der Waals surface area contributed by atoms with E-state index in [0.717, 1.165) is 6.42 Å². The summed E-state index contributed by atoms with van der Waals surface area (Å²) >= 11 is 7.05. The molecular weight excluding hydrogens is 248 g/mol. The van der Waals surface area contributed by atoms with Gasteiger partial charge >= 0.3 is 0 Å². The molecule has 0 bridgehead atoms. The van der Waals surface area contributed by atoms with Crippen molar-refractivity contribution in [3.63, 3.8) is 0 Å². The third kappa shape index (κ3) is 1.33. The molecule has 2 unspecified atom stereocenters. The maximum atomic E-state index is 8.58. The Morgan fingerprint density at radius 3 is 2.11 bits per heavy atom. The minimum atomic E-state index is 0.142. The predicted octanol–water partition coefficient (Wildman–Crippen LogP) is 2.12. The SMILES string of the molecule is CC1C(CCO)C1(Br)Br. The summed E-state index contributed by atoms with van der Waals surface area (Å²) in [5, 5.41) is 8.58. The zero-order valence-electron chi connectivity index (χ0n) is 5.27. The molecule has 1 aliphatic rings. The Kier molecular flexibility index (Phi) is 2.24. The standard InChI is InChI=1S/C6H10Br2O/c1-4-5(2-3-9)6(4,7)8/h4-5,9H,2-3H2,1H3. The van der Waals surface area contributed by atoms with Crippen LogP contribution in [0.5, 0.6) is 0 Å². The van der Waals surface area contributed by atoms with Crippen LogP contribution >= 0.6 is 31.9 Å². The van der Waals surface area contributed by atoms with Crippen molar-refractivity contribution in [2.75, 3.05) is 6.61 Å². The summed E-state index contributed by atoms with van der Waals surface area (Å²) < 4.78 is 0.142. The molecule has 1 saturated carbocycles. The first-order valence-electron chi connectivity index (χ1n) is 3.09. The molecular formula is C6H10Br2O. The second kappa shape index (κ2) is 2.51. The van der Waals surface area contributed by atoms with Gasteiger partial charge in [-0.2, -0.15) is 0 Å². The van der Waals surface area contributed by atoms with Gasteiger partial charge in [-0.15, -0.1) is 0 Å². The lowest BCUT2D eigenvalue weighted by atomic mass is 10.3. The van der Waals surface area contributed by atoms with Crippen molar-refractivity contribution in [2.24, 2.45) is 11.8 Å². The minimum Gasteiger partial charge on any atom is -0.396 e. The number of halogens is 2. The molecule has 0 aliphatic heterocycles. The summed E-state index contributed by atoms with van der Waals surface area (Å²) in [4.78, 5) is 0. The monoisotopic (exact) mass is 256 g/mol. The Hall–Kier alpha value is 0.920. The van der Waals surface area contributed by atoms with Gasteiger partial charge in [0.15, 0.2) is 0 Å². The summed E-state index contributed by atoms with van der Waals surface area (Å²) in [7, 11) is 0. The maximum Gasteiger partial charge on any atom is 0.0866 e. The molecule has 0 saturated heterocycles. The Labute approximate surface area is 72.1 Å². The van der Waals surface area contributed by atoms with E-state index in [9.17, 15) is 0 Å². The van der Waals surface area contributed by atoms with Crippen molar-refractivity contribution in [1.29, 1.82) is 0 Å². The Morgan fingerprint density at radius 2 is 2.00 bits per heavy atom. The highest BCUT2D eigenvalue weighted by molar-refractivity contribution is 9.25. The number of hydrogen-bond acceptors (Lipinski definition) is 1. The summed E-state index contributed by atoms with van der Waals surface area (Å²) in [6.07, 6.45) is 0.900. The molecule has 9 heavy (non-hydrogen) atoms. The fourth-order valence-electron chi connectivity index (χ4n) is 1.14. The molecule has 2 atom stereocenters. The fourth-order valence-corrected chi connectivity index (χ4v) is 2.77. The highest BCUT2D eigenvalue weighted by atomic mass is 79.9. The molecule has 0 aromatic rings. The highest BCUT2D eigenvalue weighted by Gasteiger charge is 2.57. The average Bonchev–Trinajstić information content (AvgIpc) is 2.19. The molecule has 0 radical (unpaired) electrons. The Morgan fingerprint density at radius 1 is 1.56 bits per heavy atom. The van der Waals surface area contributed by atoms with Gasteiger partial charge in [0.2, 0.25) is 0 Å². The van der Waals surface area contributed by atoms with Gasteiger partial charge < -0.3 is 5.11 Å². The number of rotatable bonds is 2. The van der Waals surface area contributed by atoms with Crippen molar-refractivity contribution < 1.29 is 5.11 Å². The van der Waals surface area contributed by atoms with E-state index in [4.69, 9.17) is 5.11 Å². The largest absolute Gasteiger partial charge is 0.396 e. The lowest BCUT2D eigenvalue weighted by Crippen LogP contribution is -1.91. The van der Waals surface area contributed by atoms with Gasteiger partial charge in [-0.25, -0.2) is 0 Å². The van der Waals surface area contributed by atoms with Crippen LogP contribution in [0.15, 0.2) is 0 Å². The third-order valence-electron chi connectivity index (χ3n) is 2.04. The third-order valence-corrected chi connectivity index (χ3v) is 4.66. The summed E-state index contributed by atoms with van der Waals surface area (Å²) in [6, 6.07) is 0. The van der Waals surface area contributed by atoms with Crippen LogP contribution in [0.2, 0.25) is 0 Å². The van der Waals surface area contributed by atoms with E-state index in [2.05, 4.69) is 38.8 Å². The van der Waals surface area contributed by atoms with E-state index in [0.29, 0.717) is 18.4 Å². The number of aliphatic hydroxyl groups is 1. The van der Waals surface area contributed by atoms with Crippen molar-refractivity contribution in [3.05, 3.63) is 0 Å². The lowest BCUT2D eigenvalue weighted by Gasteiger charge is -1.93. The first kappa shape index (κ1) is 8.02. The Balaban J connectivity index is 2.33. The van der Waals surface area contributed by atoms with Crippen LogP contribution in [0.25, 0.3) is 0 Å². The van der Waals surface area contributed by atoms with Crippen LogP contribution in [-0.2, 0) is 0 Å². The van der Waals surface area contributed by atoms with Gasteiger partial charge in [0.25, 0.3) is 0 Å². The van der Waals surface area contributed by atoms with E-state index in [1.165, 1.54) is 0 Å². The molecule has 1 fully saturated rings. The zero-order valence-corrected chi connectivity index (χ0v) is 8.44. The topological polar surface area (TPSA) is 20.2 Å². The number of aliphatic hydroxyl groups excluding tert-OH is 1. The van der Waals surface area contributed by atoms with Crippen molar-refractivity contribution in [2.45, 2.75) is 16.6 Å². The number of hydrogen-bond donors (Lipinski definition) is 1. The fraction of sp³-hybridized carbons (Fsp3) is 1.00. The van der Waals surface area contributed by atoms with E-state index in [-0.39, 0.29) is 3.23 Å². The summed E-state index contributed by atoms with van der Waals surface area (Å²) in [5.74, 6) is 1.27. The molecule has 0 spiro atoms. The molecule has 1 aliphatic carbocycles. The highest BCUT2D eigenvalue weighted by Crippen LogP contribution is 2.62. The molecule has 0 aromatic heterocycles. The molecule has 54 valence electrons. The van der Waals surface area contributed by atoms with Crippen molar-refractivity contribution in [3.8, 4) is 0 Å². The molecule has 1 nitrogen and oxygen atoms in total. The van der Waals surface area contributed by atoms with Crippen molar-refractivity contribution >= 4 is 31.9 Å². The average molecular weight is 258 g/mol. The van der Waals surface area contributed by atoms with Crippen LogP contribution in [0.4, 0.5) is 0 Å². The Bertz CT molecular complexity index is 114. The first-order chi connectivity index (χ1) is 4.10. The van der Waals surface area contributed by atoms with Gasteiger partial charge in [0.05, 0.1) is 3.23 Å². The zero-order chi connectivity index (χ0) is 7.07. The second-order valence-corrected chi connectivity index (χ2v) is 6.27. The van der Waals surface area contributed by atoms with Crippen LogP contribution in [-0.4, -0.2) is 14.9 Å². The molecule has 1 N–H and O–H groups in total. The van der Waals surface area contributed by atoms with E-state index in [1.807, 2.05) is 0 Å². The van der Waals surface area contributed by atoms with Gasteiger partial charge in [-0.3, -0.25) is 0 Å². The van der Waals surface area contributed by atoms with Gasteiger partial charge in [-0.1, -0.05) is 38.8 Å². The minimum absolute atomic E-state index is 0.142. The quantitative estimate of drug-likeness (QED) is 0.752. The second-order valence-electron chi connectivity index (χ2n) is 2.58. The van der Waals surface area contributed by atoms with Crippen LogP contribution in [0, 0.1) is 11.8 Å². The molecule has 0 heterocycles. The van der Waals surface area contributed by atoms with E-state index < -0.39 is 0 Å². The normalized spacial score (nSPS) is 38.7. The molecule has 3 heteroatoms. The van der Waals surface area contributed by atoms with Gasteiger partial charge in [0.1, 0.15) is 0 Å². The molecule has 0 aromatic carbocycles. The molecule has 1 rings (SSSR count). The molecule has 0 amide bonds. The van der Waals surface area contributed by atoms with Crippen LogP contribution in [0.1, 0.15) is 13.3 Å². The van der Waals surface area contributed by atoms with Gasteiger partial charge in [0, 0.05) is 6.61 Å². The summed E-state index contributed by atoms with van der Waals surface area (Å²) in [6.45, 7) is 2.47. The van der Waals surface area contributed by atoms with Crippen LogP contribution < -0.4 is 0 Å². The van der Waals surface area contributed by atoms with Crippen LogP contribution in [0.3, 0.4) is 0 Å². The summed E-state index contributed by atoms with van der Waals surface area (Å²) in [5.41, 5.74) is 0. The van der Waals surface area contributed by atoms with Gasteiger partial charge in [-0.05, 0) is 18.3 Å².